The summed E-state index contributed by atoms with van der Waals surface area (Å²) >= 11 is 3.56. The molecule has 16 heavy (non-hydrogen) atoms. The molecule has 0 aliphatic rings. The average Bonchev–Trinajstić information content (AvgIpc) is 2.84. The molecule has 0 fully saturated rings. The summed E-state index contributed by atoms with van der Waals surface area (Å²) in [4.78, 5) is 15.9. The van der Waals surface area contributed by atoms with Crippen LogP contribution in [0.1, 0.15) is 6.92 Å². The summed E-state index contributed by atoms with van der Waals surface area (Å²) in [6.45, 7) is 1.58. The van der Waals surface area contributed by atoms with Crippen molar-refractivity contribution in [2.45, 2.75) is 11.9 Å². The molecule has 0 spiro atoms. The average molecular weight is 411 g/mol. The van der Waals surface area contributed by atoms with Crippen LogP contribution in [0.3, 0.4) is 0 Å². The van der Waals surface area contributed by atoms with E-state index in [1.54, 1.807) is 18.3 Å². The SMILES string of the molecule is CC(=O)[CH2][Ir].c1ccc(-c2cccs2)nc1. The van der Waals surface area contributed by atoms with Crippen molar-refractivity contribution in [3.05, 3.63) is 41.9 Å². The van der Waals surface area contributed by atoms with E-state index in [0.29, 0.717) is 4.93 Å². The van der Waals surface area contributed by atoms with Crippen LogP contribution in [0.5, 0.6) is 0 Å². The number of rotatable bonds is 2. The Balaban J connectivity index is 0.000000221. The molecule has 0 N–H and O–H groups in total. The van der Waals surface area contributed by atoms with E-state index in [-0.39, 0.29) is 5.78 Å². The molecule has 2 rings (SSSR count). The molecular weight excluding hydrogens is 398 g/mol. The van der Waals surface area contributed by atoms with Crippen molar-refractivity contribution in [2.24, 2.45) is 0 Å². The smallest absolute Gasteiger partial charge is 0.0801 e. The van der Waals surface area contributed by atoms with Gasteiger partial charge < -0.3 is 0 Å². The van der Waals surface area contributed by atoms with Crippen LogP contribution in [0.4, 0.5) is 0 Å². The number of carbonyl (C=O) groups is 1. The van der Waals surface area contributed by atoms with Gasteiger partial charge in [-0.3, -0.25) is 4.98 Å². The van der Waals surface area contributed by atoms with Crippen molar-refractivity contribution < 1.29 is 23.7 Å². The number of nitrogens with zero attached hydrogens (tertiary/aromatic N) is 1. The van der Waals surface area contributed by atoms with Gasteiger partial charge in [-0.25, -0.2) is 0 Å². The Hall–Kier alpha value is -0.831. The third kappa shape index (κ3) is 4.79. The minimum Gasteiger partial charge on any atom is -0.255 e. The van der Waals surface area contributed by atoms with Gasteiger partial charge in [-0.1, -0.05) is 12.1 Å². The Morgan fingerprint density at radius 2 is 2.12 bits per heavy atom. The number of hydrogen-bond acceptors (Lipinski definition) is 3. The first kappa shape index (κ1) is 13.2. The summed E-state index contributed by atoms with van der Waals surface area (Å²) < 4.78 is 0. The first-order valence-corrected chi connectivity index (χ1v) is 7.28. The van der Waals surface area contributed by atoms with Gasteiger partial charge in [0.15, 0.2) is 0 Å². The summed E-state index contributed by atoms with van der Waals surface area (Å²) in [7, 11) is 0. The zero-order valence-corrected chi connectivity index (χ0v) is 12.1. The fourth-order valence-corrected chi connectivity index (χ4v) is 1.64. The monoisotopic (exact) mass is 411 g/mol. The molecule has 0 aliphatic carbocycles. The Kier molecular flexibility index (Phi) is 6.16. The van der Waals surface area contributed by atoms with Crippen molar-refractivity contribution in [3.8, 4) is 10.6 Å². The zero-order chi connectivity index (χ0) is 11.8. The third-order valence-corrected chi connectivity index (χ3v) is 3.69. The molecule has 0 radical (unpaired) electrons. The van der Waals surface area contributed by atoms with Crippen LogP contribution in [0.25, 0.3) is 10.6 Å². The normalized spacial score (nSPS) is 9.19. The Morgan fingerprint density at radius 1 is 1.38 bits per heavy atom. The van der Waals surface area contributed by atoms with Crippen LogP contribution in [-0.2, 0) is 23.7 Å². The number of aromatic nitrogens is 1. The predicted molar refractivity (Wildman–Crippen MR) is 63.0 cm³/mol. The molecule has 0 aromatic carbocycles. The van der Waals surface area contributed by atoms with Gasteiger partial charge in [0.25, 0.3) is 0 Å². The molecule has 0 saturated carbocycles. The van der Waals surface area contributed by atoms with Gasteiger partial charge in [-0.05, 0) is 23.6 Å². The molecule has 4 heteroatoms. The quantitative estimate of drug-likeness (QED) is 0.760. The van der Waals surface area contributed by atoms with Crippen molar-refractivity contribution >= 4 is 17.1 Å². The molecule has 2 aromatic heterocycles. The largest absolute Gasteiger partial charge is 0.255 e. The van der Waals surface area contributed by atoms with Gasteiger partial charge in [-0.2, -0.15) is 0 Å². The molecule has 0 unspecified atom stereocenters. The minimum absolute atomic E-state index is 0.255. The number of ketones is 1. The van der Waals surface area contributed by atoms with Gasteiger partial charge in [0.05, 0.1) is 10.6 Å². The molecule has 2 heterocycles. The van der Waals surface area contributed by atoms with Crippen LogP contribution in [0.2, 0.25) is 4.93 Å². The van der Waals surface area contributed by atoms with Crippen molar-refractivity contribution in [2.75, 3.05) is 0 Å². The van der Waals surface area contributed by atoms with Crippen LogP contribution in [0.15, 0.2) is 41.9 Å². The topological polar surface area (TPSA) is 30.0 Å². The number of carbonyl (C=O) groups excluding carboxylic acids is 1. The Labute approximate surface area is 110 Å². The van der Waals surface area contributed by atoms with E-state index in [4.69, 9.17) is 0 Å². The molecule has 0 amide bonds. The van der Waals surface area contributed by atoms with Gasteiger partial charge >= 0.3 is 41.3 Å². The second-order valence-corrected chi connectivity index (χ2v) is 4.81. The number of thiophene rings is 1. The second-order valence-electron chi connectivity index (χ2n) is 3.01. The minimum atomic E-state index is 0.255. The summed E-state index contributed by atoms with van der Waals surface area (Å²) in [6, 6.07) is 10.1. The Morgan fingerprint density at radius 3 is 2.56 bits per heavy atom. The predicted octanol–water partition coefficient (Wildman–Crippen LogP) is 3.35. The maximum Gasteiger partial charge on any atom is 0.0801 e. The summed E-state index contributed by atoms with van der Waals surface area (Å²) in [6.07, 6.45) is 1.81. The molecule has 0 bridgehead atoms. The summed E-state index contributed by atoms with van der Waals surface area (Å²) in [5.74, 6) is 0.255. The number of pyridine rings is 1. The molecular formula is C12H12IrNOS. The fourth-order valence-electron chi connectivity index (χ4n) is 0.933. The van der Waals surface area contributed by atoms with E-state index >= 15 is 0 Å². The molecule has 0 saturated heterocycles. The second kappa shape index (κ2) is 7.44. The molecule has 2 aromatic rings. The first-order chi connectivity index (χ1) is 7.74. The van der Waals surface area contributed by atoms with E-state index < -0.39 is 0 Å². The maximum atomic E-state index is 9.81. The van der Waals surface area contributed by atoms with E-state index in [2.05, 4.69) is 16.4 Å². The number of hydrogen-bond donors (Lipinski definition) is 0. The van der Waals surface area contributed by atoms with E-state index in [1.807, 2.05) is 49.4 Å². The van der Waals surface area contributed by atoms with Crippen LogP contribution in [0, 0.1) is 0 Å². The molecule has 0 aliphatic heterocycles. The zero-order valence-electron chi connectivity index (χ0n) is 8.85. The molecule has 2 nitrogen and oxygen atoms in total. The van der Waals surface area contributed by atoms with Crippen molar-refractivity contribution in [1.29, 1.82) is 0 Å². The van der Waals surface area contributed by atoms with Gasteiger partial charge in [-0.15, -0.1) is 11.3 Å². The third-order valence-electron chi connectivity index (χ3n) is 1.60. The maximum absolute atomic E-state index is 9.81. The van der Waals surface area contributed by atoms with Gasteiger partial charge in [0.2, 0.25) is 0 Å². The fraction of sp³-hybridized carbons (Fsp3) is 0.167. The summed E-state index contributed by atoms with van der Waals surface area (Å²) in [5, 5.41) is 2.06. The standard InChI is InChI=1S/C9H7NS.C3H5O.Ir/c1-2-6-10-8(4-1)9-5-3-7-11-9;1-3(2)4;/h1-7H;1H2,2H3;. The van der Waals surface area contributed by atoms with Crippen molar-refractivity contribution in [3.63, 3.8) is 0 Å². The summed E-state index contributed by atoms with van der Waals surface area (Å²) in [5.41, 5.74) is 1.06. The molecule has 86 valence electrons. The number of Topliss-reactive ketones (excluding diaryl/α,β-unsaturated/α-hetero) is 1. The Bertz CT molecular complexity index is 414. The first-order valence-electron chi connectivity index (χ1n) is 4.71. The molecule has 0 atom stereocenters. The van der Waals surface area contributed by atoms with Crippen LogP contribution in [-0.4, -0.2) is 10.8 Å². The van der Waals surface area contributed by atoms with E-state index in [9.17, 15) is 4.79 Å². The van der Waals surface area contributed by atoms with Gasteiger partial charge in [0.1, 0.15) is 0 Å². The van der Waals surface area contributed by atoms with Crippen molar-refractivity contribution in [1.82, 2.24) is 4.98 Å². The van der Waals surface area contributed by atoms with Crippen LogP contribution >= 0.6 is 11.3 Å². The van der Waals surface area contributed by atoms with Crippen LogP contribution < -0.4 is 0 Å². The van der Waals surface area contributed by atoms with Gasteiger partial charge in [0, 0.05) is 6.20 Å². The van der Waals surface area contributed by atoms with E-state index in [0.717, 1.165) is 5.69 Å². The van der Waals surface area contributed by atoms with E-state index in [1.165, 1.54) is 4.88 Å².